The fraction of sp³-hybridized carbons (Fsp3) is 0.167. The molecule has 0 fully saturated rings. The fourth-order valence-electron chi connectivity index (χ4n) is 2.91. The molecule has 3 aromatic rings. The van der Waals surface area contributed by atoms with Gasteiger partial charge in [-0.3, -0.25) is 9.59 Å². The summed E-state index contributed by atoms with van der Waals surface area (Å²) < 4.78 is 5.68. The second-order valence-electron chi connectivity index (χ2n) is 6.72. The molecule has 0 saturated heterocycles. The molecule has 0 aromatic heterocycles. The molecule has 1 N–H and O–H groups in total. The van der Waals surface area contributed by atoms with Crippen molar-refractivity contribution in [2.45, 2.75) is 20.0 Å². The Labute approximate surface area is 170 Å². The maximum absolute atomic E-state index is 12.9. The van der Waals surface area contributed by atoms with E-state index in [0.717, 1.165) is 11.1 Å². The first kappa shape index (κ1) is 20.1. The van der Waals surface area contributed by atoms with Crippen molar-refractivity contribution in [1.82, 2.24) is 4.90 Å². The molecule has 5 nitrogen and oxygen atoms in total. The van der Waals surface area contributed by atoms with E-state index in [1.54, 1.807) is 29.2 Å². The van der Waals surface area contributed by atoms with Crippen LogP contribution in [-0.2, 0) is 22.7 Å². The summed E-state index contributed by atoms with van der Waals surface area (Å²) >= 11 is 0. The summed E-state index contributed by atoms with van der Waals surface area (Å²) in [7, 11) is 0. The van der Waals surface area contributed by atoms with Crippen LogP contribution in [0.2, 0.25) is 0 Å². The minimum atomic E-state index is -0.133. The predicted octanol–water partition coefficient (Wildman–Crippen LogP) is 4.25. The summed E-state index contributed by atoms with van der Waals surface area (Å²) in [6.07, 6.45) is 0. The van der Waals surface area contributed by atoms with Crippen LogP contribution in [0.15, 0.2) is 84.9 Å². The van der Waals surface area contributed by atoms with E-state index in [1.165, 1.54) is 6.92 Å². The lowest BCUT2D eigenvalue weighted by atomic mass is 10.1. The SMILES string of the molecule is CC(=O)Nc1ccc(OCC(=O)N(Cc2ccccc2)Cc2ccccc2)cc1. The van der Waals surface area contributed by atoms with E-state index >= 15 is 0 Å². The number of carbonyl (C=O) groups is 2. The molecule has 29 heavy (non-hydrogen) atoms. The summed E-state index contributed by atoms with van der Waals surface area (Å²) in [4.78, 5) is 25.8. The van der Waals surface area contributed by atoms with Crippen LogP contribution >= 0.6 is 0 Å². The number of rotatable bonds is 8. The Balaban J connectivity index is 1.64. The second kappa shape index (κ2) is 10.1. The first-order chi connectivity index (χ1) is 14.1. The van der Waals surface area contributed by atoms with Crippen molar-refractivity contribution in [2.24, 2.45) is 0 Å². The monoisotopic (exact) mass is 388 g/mol. The highest BCUT2D eigenvalue weighted by Crippen LogP contribution is 2.16. The van der Waals surface area contributed by atoms with Crippen LogP contribution in [0.5, 0.6) is 5.75 Å². The Kier molecular flexibility index (Phi) is 7.00. The molecule has 0 unspecified atom stereocenters. The highest BCUT2D eigenvalue weighted by molar-refractivity contribution is 5.88. The lowest BCUT2D eigenvalue weighted by Gasteiger charge is -2.23. The summed E-state index contributed by atoms with van der Waals surface area (Å²) in [5, 5.41) is 2.70. The number of amides is 2. The number of nitrogens with zero attached hydrogens (tertiary/aromatic N) is 1. The highest BCUT2D eigenvalue weighted by atomic mass is 16.5. The first-order valence-electron chi connectivity index (χ1n) is 9.46. The molecule has 0 aliphatic carbocycles. The van der Waals surface area contributed by atoms with Gasteiger partial charge >= 0.3 is 0 Å². The van der Waals surface area contributed by atoms with Gasteiger partial charge in [0.2, 0.25) is 5.91 Å². The number of hydrogen-bond acceptors (Lipinski definition) is 3. The van der Waals surface area contributed by atoms with Gasteiger partial charge in [-0.15, -0.1) is 0 Å². The molecule has 0 atom stereocenters. The molecule has 148 valence electrons. The highest BCUT2D eigenvalue weighted by Gasteiger charge is 2.15. The Morgan fingerprint density at radius 1 is 0.793 bits per heavy atom. The number of benzene rings is 3. The molecule has 0 heterocycles. The van der Waals surface area contributed by atoms with Gasteiger partial charge in [0, 0.05) is 25.7 Å². The quantitative estimate of drug-likeness (QED) is 0.627. The third-order valence-corrected chi connectivity index (χ3v) is 4.32. The first-order valence-corrected chi connectivity index (χ1v) is 9.46. The van der Waals surface area contributed by atoms with Gasteiger partial charge in [-0.25, -0.2) is 0 Å². The van der Waals surface area contributed by atoms with Crippen molar-refractivity contribution in [2.75, 3.05) is 11.9 Å². The zero-order valence-electron chi connectivity index (χ0n) is 16.4. The molecule has 0 aliphatic heterocycles. The summed E-state index contributed by atoms with van der Waals surface area (Å²) in [5.74, 6) is 0.349. The Morgan fingerprint density at radius 3 is 1.79 bits per heavy atom. The molecule has 3 aromatic carbocycles. The lowest BCUT2D eigenvalue weighted by molar-refractivity contribution is -0.134. The summed E-state index contributed by atoms with van der Waals surface area (Å²) in [6.45, 7) is 2.43. The molecular formula is C24H24N2O3. The van der Waals surface area contributed by atoms with E-state index in [4.69, 9.17) is 4.74 Å². The van der Waals surface area contributed by atoms with Crippen LogP contribution in [-0.4, -0.2) is 23.3 Å². The third kappa shape index (κ3) is 6.50. The smallest absolute Gasteiger partial charge is 0.261 e. The zero-order chi connectivity index (χ0) is 20.5. The Hall–Kier alpha value is -3.60. The van der Waals surface area contributed by atoms with Gasteiger partial charge in [-0.05, 0) is 35.4 Å². The van der Waals surface area contributed by atoms with Gasteiger partial charge in [-0.2, -0.15) is 0 Å². The van der Waals surface area contributed by atoms with Crippen molar-refractivity contribution in [3.05, 3.63) is 96.1 Å². The van der Waals surface area contributed by atoms with Crippen molar-refractivity contribution >= 4 is 17.5 Å². The molecule has 3 rings (SSSR count). The Bertz CT molecular complexity index is 884. The van der Waals surface area contributed by atoms with Crippen LogP contribution in [0.1, 0.15) is 18.1 Å². The van der Waals surface area contributed by atoms with Crippen molar-refractivity contribution in [3.63, 3.8) is 0 Å². The van der Waals surface area contributed by atoms with Crippen molar-refractivity contribution in [3.8, 4) is 5.75 Å². The van der Waals surface area contributed by atoms with E-state index < -0.39 is 0 Å². The molecule has 0 spiro atoms. The van der Waals surface area contributed by atoms with E-state index in [2.05, 4.69) is 5.32 Å². The maximum Gasteiger partial charge on any atom is 0.261 e. The number of ether oxygens (including phenoxy) is 1. The number of anilines is 1. The number of hydrogen-bond donors (Lipinski definition) is 1. The second-order valence-corrected chi connectivity index (χ2v) is 6.72. The van der Waals surface area contributed by atoms with Crippen LogP contribution in [0.4, 0.5) is 5.69 Å². The van der Waals surface area contributed by atoms with Crippen molar-refractivity contribution in [1.29, 1.82) is 0 Å². The average Bonchev–Trinajstić information content (AvgIpc) is 2.74. The normalized spacial score (nSPS) is 10.2. The van der Waals surface area contributed by atoms with Gasteiger partial charge in [-0.1, -0.05) is 60.7 Å². The zero-order valence-corrected chi connectivity index (χ0v) is 16.4. The molecular weight excluding hydrogens is 364 g/mol. The van der Waals surface area contributed by atoms with E-state index in [0.29, 0.717) is 24.5 Å². The van der Waals surface area contributed by atoms with E-state index in [1.807, 2.05) is 60.7 Å². The average molecular weight is 388 g/mol. The molecule has 0 radical (unpaired) electrons. The van der Waals surface area contributed by atoms with Crippen LogP contribution in [0.25, 0.3) is 0 Å². The maximum atomic E-state index is 12.9. The molecule has 0 saturated carbocycles. The largest absolute Gasteiger partial charge is 0.484 e. The van der Waals surface area contributed by atoms with Crippen LogP contribution < -0.4 is 10.1 Å². The minimum Gasteiger partial charge on any atom is -0.484 e. The fourth-order valence-corrected chi connectivity index (χ4v) is 2.91. The molecule has 0 bridgehead atoms. The minimum absolute atomic E-state index is 0.0564. The Morgan fingerprint density at radius 2 is 1.31 bits per heavy atom. The van der Waals surface area contributed by atoms with Gasteiger partial charge in [0.15, 0.2) is 6.61 Å². The third-order valence-electron chi connectivity index (χ3n) is 4.32. The van der Waals surface area contributed by atoms with Gasteiger partial charge in [0.05, 0.1) is 0 Å². The van der Waals surface area contributed by atoms with E-state index in [9.17, 15) is 9.59 Å². The van der Waals surface area contributed by atoms with Crippen molar-refractivity contribution < 1.29 is 14.3 Å². The predicted molar refractivity (Wildman–Crippen MR) is 113 cm³/mol. The standard InChI is InChI=1S/C24H24N2O3/c1-19(27)25-22-12-14-23(15-13-22)29-18-24(28)26(16-20-8-4-2-5-9-20)17-21-10-6-3-7-11-21/h2-15H,16-18H2,1H3,(H,25,27). The van der Waals surface area contributed by atoms with Gasteiger partial charge < -0.3 is 15.0 Å². The lowest BCUT2D eigenvalue weighted by Crippen LogP contribution is -2.34. The molecule has 2 amide bonds. The number of carbonyl (C=O) groups excluding carboxylic acids is 2. The van der Waals surface area contributed by atoms with E-state index in [-0.39, 0.29) is 18.4 Å². The number of nitrogens with one attached hydrogen (secondary N) is 1. The molecule has 0 aliphatic rings. The topological polar surface area (TPSA) is 58.6 Å². The van der Waals surface area contributed by atoms with Gasteiger partial charge in [0.25, 0.3) is 5.91 Å². The van der Waals surface area contributed by atoms with Gasteiger partial charge in [0.1, 0.15) is 5.75 Å². The summed E-state index contributed by atoms with van der Waals surface area (Å²) in [6, 6.07) is 26.8. The summed E-state index contributed by atoms with van der Waals surface area (Å²) in [5.41, 5.74) is 2.82. The molecule has 5 heteroatoms. The van der Waals surface area contributed by atoms with Crippen LogP contribution in [0, 0.1) is 0 Å². The van der Waals surface area contributed by atoms with Crippen LogP contribution in [0.3, 0.4) is 0 Å².